The Morgan fingerprint density at radius 2 is 1.88 bits per heavy atom. The number of benzene rings is 1. The number of hydrogen-bond donors (Lipinski definition) is 1. The molecule has 0 fully saturated rings. The molecule has 0 aliphatic rings. The number of aryl methyl sites for hydroxylation is 3. The molecule has 2 amide bonds. The predicted octanol–water partition coefficient (Wildman–Crippen LogP) is 3.58. The minimum absolute atomic E-state index is 0.167. The van der Waals surface area contributed by atoms with Crippen LogP contribution in [0.5, 0.6) is 0 Å². The fourth-order valence-corrected chi connectivity index (χ4v) is 3.65. The summed E-state index contributed by atoms with van der Waals surface area (Å²) in [5, 5.41) is 15.3. The molecule has 0 aliphatic carbocycles. The van der Waals surface area contributed by atoms with Crippen LogP contribution in [0.25, 0.3) is 11.6 Å². The predicted molar refractivity (Wildman–Crippen MR) is 126 cm³/mol. The lowest BCUT2D eigenvalue weighted by atomic mass is 10.0. The third kappa shape index (κ3) is 5.85. The van der Waals surface area contributed by atoms with Crippen molar-refractivity contribution in [2.75, 3.05) is 4.90 Å². The smallest absolute Gasteiger partial charge is 0.251 e. The number of nitrogens with zero attached hydrogens (tertiary/aromatic N) is 5. The summed E-state index contributed by atoms with van der Waals surface area (Å²) in [6.45, 7) is 13.2. The zero-order valence-corrected chi connectivity index (χ0v) is 20.3. The lowest BCUT2D eigenvalue weighted by Crippen LogP contribution is -2.54. The van der Waals surface area contributed by atoms with Gasteiger partial charge in [0.05, 0.1) is 0 Å². The number of furan rings is 1. The second-order valence-electron chi connectivity index (χ2n) is 9.27. The number of carbonyl (C=O) groups is 2. The topological polar surface area (TPSA) is 106 Å². The number of anilines is 1. The maximum Gasteiger partial charge on any atom is 0.251 e. The Morgan fingerprint density at radius 3 is 2.45 bits per heavy atom. The molecule has 9 heteroatoms. The molecule has 0 bridgehead atoms. The van der Waals surface area contributed by atoms with E-state index in [4.69, 9.17) is 4.42 Å². The summed E-state index contributed by atoms with van der Waals surface area (Å²) in [7, 11) is 0. The van der Waals surface area contributed by atoms with E-state index in [1.54, 1.807) is 11.0 Å². The molecular formula is C24H32N6O3. The molecular weight excluding hydrogens is 420 g/mol. The van der Waals surface area contributed by atoms with E-state index >= 15 is 0 Å². The van der Waals surface area contributed by atoms with Crippen molar-refractivity contribution in [3.8, 4) is 11.6 Å². The van der Waals surface area contributed by atoms with E-state index in [9.17, 15) is 9.59 Å². The summed E-state index contributed by atoms with van der Waals surface area (Å²) in [5.74, 6) is 0.989. The third-order valence-electron chi connectivity index (χ3n) is 5.07. The van der Waals surface area contributed by atoms with E-state index in [1.165, 1.54) is 4.80 Å². The first-order valence-electron chi connectivity index (χ1n) is 11.0. The lowest BCUT2D eigenvalue weighted by Gasteiger charge is -2.33. The lowest BCUT2D eigenvalue weighted by molar-refractivity contribution is -0.128. The molecule has 0 unspecified atom stereocenters. The Bertz CT molecular complexity index is 1140. The minimum atomic E-state index is -0.686. The molecule has 0 saturated heterocycles. The number of nitrogens with one attached hydrogen (secondary N) is 1. The molecule has 3 aromatic rings. The molecule has 2 aromatic heterocycles. The molecule has 2 heterocycles. The van der Waals surface area contributed by atoms with Crippen molar-refractivity contribution in [1.82, 2.24) is 25.5 Å². The van der Waals surface area contributed by atoms with Gasteiger partial charge in [0, 0.05) is 11.2 Å². The number of carbonyl (C=O) groups excluding carboxylic acids is 2. The molecule has 1 N–H and O–H groups in total. The first-order valence-corrected chi connectivity index (χ1v) is 11.0. The molecule has 1 atom stereocenters. The third-order valence-corrected chi connectivity index (χ3v) is 5.07. The van der Waals surface area contributed by atoms with Crippen LogP contribution in [-0.4, -0.2) is 43.6 Å². The highest BCUT2D eigenvalue weighted by Crippen LogP contribution is 2.26. The molecule has 1 aromatic carbocycles. The van der Waals surface area contributed by atoms with Crippen molar-refractivity contribution in [1.29, 1.82) is 0 Å². The summed E-state index contributed by atoms with van der Waals surface area (Å²) in [6, 6.07) is 8.68. The molecule has 0 aliphatic heterocycles. The quantitative estimate of drug-likeness (QED) is 0.587. The molecule has 33 heavy (non-hydrogen) atoms. The summed E-state index contributed by atoms with van der Waals surface area (Å²) in [4.78, 5) is 29.5. The summed E-state index contributed by atoms with van der Waals surface area (Å²) in [6.07, 6.45) is 0.447. The SMILES string of the molecule is CC[C@@H](C(=O)NC(C)(C)C)N(C(=O)Cn1nnc(-c2ccc(C)o2)n1)c1ccc(C)cc1C. The zero-order chi connectivity index (χ0) is 24.3. The fraction of sp³-hybridized carbons (Fsp3) is 0.458. The number of tetrazole rings is 1. The van der Waals surface area contributed by atoms with E-state index < -0.39 is 11.6 Å². The highest BCUT2D eigenvalue weighted by Gasteiger charge is 2.33. The summed E-state index contributed by atoms with van der Waals surface area (Å²) < 4.78 is 5.54. The maximum absolute atomic E-state index is 13.6. The van der Waals surface area contributed by atoms with Gasteiger partial charge in [-0.25, -0.2) is 0 Å². The van der Waals surface area contributed by atoms with Gasteiger partial charge in [-0.2, -0.15) is 4.80 Å². The Balaban J connectivity index is 1.93. The fourth-order valence-electron chi connectivity index (χ4n) is 3.65. The van der Waals surface area contributed by atoms with Crippen LogP contribution in [0.2, 0.25) is 0 Å². The van der Waals surface area contributed by atoms with Crippen LogP contribution in [-0.2, 0) is 16.1 Å². The first kappa shape index (κ1) is 24.2. The average molecular weight is 453 g/mol. The Kier molecular flexibility index (Phi) is 7.00. The van der Waals surface area contributed by atoms with Crippen molar-refractivity contribution >= 4 is 17.5 Å². The number of aromatic nitrogens is 4. The molecule has 176 valence electrons. The summed E-state index contributed by atoms with van der Waals surface area (Å²) in [5.41, 5.74) is 2.24. The maximum atomic E-state index is 13.6. The second-order valence-corrected chi connectivity index (χ2v) is 9.27. The van der Waals surface area contributed by atoms with Crippen molar-refractivity contribution in [3.05, 3.63) is 47.2 Å². The van der Waals surface area contributed by atoms with Gasteiger partial charge in [-0.1, -0.05) is 24.6 Å². The number of amides is 2. The standard InChI is InChI=1S/C24H32N6O3/c1-8-18(23(32)25-24(5,6)7)30(19-11-9-15(2)13-16(19)3)21(31)14-29-27-22(26-28-29)20-12-10-17(4)33-20/h9-13,18H,8,14H2,1-7H3,(H,25,32)/t18-/m0/s1. The normalized spacial score (nSPS) is 12.5. The average Bonchev–Trinajstić information content (AvgIpc) is 3.34. The number of rotatable bonds is 7. The van der Waals surface area contributed by atoms with Gasteiger partial charge in [-0.3, -0.25) is 14.5 Å². The molecule has 0 spiro atoms. The highest BCUT2D eigenvalue weighted by molar-refractivity contribution is 6.01. The van der Waals surface area contributed by atoms with Crippen molar-refractivity contribution < 1.29 is 14.0 Å². The second kappa shape index (κ2) is 9.56. The Hall–Kier alpha value is -3.49. The van der Waals surface area contributed by atoms with Gasteiger partial charge in [-0.05, 0) is 76.9 Å². The van der Waals surface area contributed by atoms with E-state index in [0.29, 0.717) is 23.7 Å². The van der Waals surface area contributed by atoms with E-state index in [-0.39, 0.29) is 18.4 Å². The van der Waals surface area contributed by atoms with E-state index in [0.717, 1.165) is 16.9 Å². The van der Waals surface area contributed by atoms with Gasteiger partial charge < -0.3 is 9.73 Å². The van der Waals surface area contributed by atoms with Crippen molar-refractivity contribution in [2.45, 2.75) is 73.0 Å². The van der Waals surface area contributed by atoms with Crippen LogP contribution >= 0.6 is 0 Å². The van der Waals surface area contributed by atoms with E-state index in [1.807, 2.05) is 72.7 Å². The van der Waals surface area contributed by atoms with Crippen LogP contribution in [0, 0.1) is 20.8 Å². The molecule has 9 nitrogen and oxygen atoms in total. The monoisotopic (exact) mass is 452 g/mol. The Morgan fingerprint density at radius 1 is 1.15 bits per heavy atom. The van der Waals surface area contributed by atoms with Crippen LogP contribution in [0.1, 0.15) is 51.0 Å². The number of hydrogen-bond acceptors (Lipinski definition) is 6. The van der Waals surface area contributed by atoms with Crippen molar-refractivity contribution in [2.24, 2.45) is 0 Å². The Labute approximate surface area is 194 Å². The van der Waals surface area contributed by atoms with Crippen LogP contribution in [0.4, 0.5) is 5.69 Å². The highest BCUT2D eigenvalue weighted by atomic mass is 16.3. The van der Waals surface area contributed by atoms with Crippen LogP contribution < -0.4 is 10.2 Å². The van der Waals surface area contributed by atoms with E-state index in [2.05, 4.69) is 20.7 Å². The minimum Gasteiger partial charge on any atom is -0.458 e. The summed E-state index contributed by atoms with van der Waals surface area (Å²) >= 11 is 0. The van der Waals surface area contributed by atoms with Gasteiger partial charge in [0.1, 0.15) is 18.3 Å². The largest absolute Gasteiger partial charge is 0.458 e. The molecule has 3 rings (SSSR count). The molecule has 0 saturated carbocycles. The van der Waals surface area contributed by atoms with Gasteiger partial charge in [0.2, 0.25) is 11.7 Å². The molecule has 0 radical (unpaired) electrons. The van der Waals surface area contributed by atoms with Gasteiger partial charge in [0.25, 0.3) is 5.91 Å². The zero-order valence-electron chi connectivity index (χ0n) is 20.3. The van der Waals surface area contributed by atoms with Crippen LogP contribution in [0.15, 0.2) is 34.7 Å². The first-order chi connectivity index (χ1) is 15.5. The van der Waals surface area contributed by atoms with Gasteiger partial charge in [-0.15, -0.1) is 10.2 Å². The van der Waals surface area contributed by atoms with Crippen LogP contribution in [0.3, 0.4) is 0 Å². The van der Waals surface area contributed by atoms with Gasteiger partial charge >= 0.3 is 0 Å². The van der Waals surface area contributed by atoms with Crippen molar-refractivity contribution in [3.63, 3.8) is 0 Å². The van der Waals surface area contributed by atoms with Gasteiger partial charge in [0.15, 0.2) is 5.76 Å².